The van der Waals surface area contributed by atoms with Gasteiger partial charge < -0.3 is 10.8 Å². The third kappa shape index (κ3) is 7.68. The number of nitrogens with two attached hydrogens (primary N) is 1. The van der Waals surface area contributed by atoms with Crippen LogP contribution in [0.2, 0.25) is 0 Å². The monoisotopic (exact) mass is 219 g/mol. The molecule has 0 aromatic heterocycles. The molecule has 1 aliphatic carbocycles. The van der Waals surface area contributed by atoms with Gasteiger partial charge in [-0.05, 0) is 25.0 Å². The van der Waals surface area contributed by atoms with Crippen LogP contribution in [0.5, 0.6) is 0 Å². The van der Waals surface area contributed by atoms with Gasteiger partial charge in [0.15, 0.2) is 0 Å². The molecule has 0 spiro atoms. The molecule has 2 heteroatoms. The van der Waals surface area contributed by atoms with E-state index in [1.54, 1.807) is 12.2 Å². The molecule has 0 amide bonds. The van der Waals surface area contributed by atoms with Gasteiger partial charge >= 0.3 is 0 Å². The molecule has 0 atom stereocenters. The van der Waals surface area contributed by atoms with Gasteiger partial charge in [-0.1, -0.05) is 44.2 Å². The van der Waals surface area contributed by atoms with Crippen LogP contribution < -0.4 is 5.73 Å². The summed E-state index contributed by atoms with van der Waals surface area (Å²) < 4.78 is 0. The van der Waals surface area contributed by atoms with Gasteiger partial charge in [0.25, 0.3) is 0 Å². The standard InChI is InChI=1S/C12H15NO.C2H6/c13-11-8-6-4-2-1-3-5-7-9-12(14)10-11;1-2/h1-2,4,6-10,14H,3,5,13H2;1-2H3/b2-1-,6-4-,9-7-,11-8-,12-10+;. The first kappa shape index (κ1) is 14.3. The molecule has 0 aliphatic heterocycles. The van der Waals surface area contributed by atoms with Crippen molar-refractivity contribution in [1.82, 2.24) is 0 Å². The van der Waals surface area contributed by atoms with Crippen LogP contribution in [-0.4, -0.2) is 5.11 Å². The van der Waals surface area contributed by atoms with Crippen molar-refractivity contribution in [2.75, 3.05) is 0 Å². The topological polar surface area (TPSA) is 46.2 Å². The molecular formula is C14H21NO. The Kier molecular flexibility index (Phi) is 8.79. The summed E-state index contributed by atoms with van der Waals surface area (Å²) in [6.45, 7) is 4.00. The average Bonchev–Trinajstić information content (AvgIpc) is 2.27. The van der Waals surface area contributed by atoms with E-state index in [9.17, 15) is 5.11 Å². The number of hydrogen-bond acceptors (Lipinski definition) is 2. The van der Waals surface area contributed by atoms with Gasteiger partial charge in [-0.25, -0.2) is 0 Å². The SMILES string of the molecule is CC.NC1=C\C=C/C=C\CC\C=C/C(O)=C\1. The third-order valence-electron chi connectivity index (χ3n) is 1.75. The molecule has 0 saturated heterocycles. The van der Waals surface area contributed by atoms with Crippen molar-refractivity contribution in [3.8, 4) is 0 Å². The van der Waals surface area contributed by atoms with Crippen LogP contribution in [0.25, 0.3) is 0 Å². The highest BCUT2D eigenvalue weighted by Crippen LogP contribution is 2.01. The highest BCUT2D eigenvalue weighted by molar-refractivity contribution is 5.27. The Morgan fingerprint density at radius 3 is 2.50 bits per heavy atom. The Morgan fingerprint density at radius 2 is 1.75 bits per heavy atom. The molecule has 88 valence electrons. The highest BCUT2D eigenvalue weighted by atomic mass is 16.3. The summed E-state index contributed by atoms with van der Waals surface area (Å²) in [5.74, 6) is 0.191. The van der Waals surface area contributed by atoms with E-state index in [-0.39, 0.29) is 5.76 Å². The van der Waals surface area contributed by atoms with Crippen molar-refractivity contribution in [1.29, 1.82) is 0 Å². The molecule has 0 radical (unpaired) electrons. The maximum atomic E-state index is 9.37. The highest BCUT2D eigenvalue weighted by Gasteiger charge is 1.87. The van der Waals surface area contributed by atoms with Crippen LogP contribution in [0.1, 0.15) is 26.7 Å². The Hall–Kier alpha value is -1.70. The maximum Gasteiger partial charge on any atom is 0.117 e. The summed E-state index contributed by atoms with van der Waals surface area (Å²) in [5, 5.41) is 9.37. The predicted octanol–water partition coefficient (Wildman–Crippen LogP) is 3.76. The second-order valence-corrected chi connectivity index (χ2v) is 3.03. The molecule has 0 aromatic rings. The zero-order chi connectivity index (χ0) is 12.2. The summed E-state index contributed by atoms with van der Waals surface area (Å²) >= 11 is 0. The van der Waals surface area contributed by atoms with Gasteiger partial charge in [0.1, 0.15) is 5.76 Å². The minimum absolute atomic E-state index is 0.191. The molecule has 0 aromatic carbocycles. The number of aliphatic hydroxyl groups excluding tert-OH is 1. The van der Waals surface area contributed by atoms with Gasteiger partial charge in [-0.15, -0.1) is 0 Å². The van der Waals surface area contributed by atoms with Crippen molar-refractivity contribution >= 4 is 0 Å². The predicted molar refractivity (Wildman–Crippen MR) is 71.0 cm³/mol. The summed E-state index contributed by atoms with van der Waals surface area (Å²) in [4.78, 5) is 0. The fraction of sp³-hybridized carbons (Fsp3) is 0.286. The largest absolute Gasteiger partial charge is 0.508 e. The lowest BCUT2D eigenvalue weighted by atomic mass is 10.2. The van der Waals surface area contributed by atoms with E-state index in [4.69, 9.17) is 5.73 Å². The van der Waals surface area contributed by atoms with E-state index in [1.165, 1.54) is 6.08 Å². The Bertz CT molecular complexity index is 320. The lowest BCUT2D eigenvalue weighted by Crippen LogP contribution is -1.93. The number of aliphatic hydroxyl groups is 1. The maximum absolute atomic E-state index is 9.37. The van der Waals surface area contributed by atoms with Crippen molar-refractivity contribution in [3.05, 3.63) is 60.1 Å². The first-order chi connectivity index (χ1) is 7.79. The molecule has 16 heavy (non-hydrogen) atoms. The van der Waals surface area contributed by atoms with Crippen molar-refractivity contribution in [3.63, 3.8) is 0 Å². The summed E-state index contributed by atoms with van der Waals surface area (Å²) in [6, 6.07) is 0. The summed E-state index contributed by atoms with van der Waals surface area (Å²) in [5.41, 5.74) is 6.16. The second kappa shape index (κ2) is 9.84. The number of rotatable bonds is 0. The van der Waals surface area contributed by atoms with Crippen LogP contribution in [-0.2, 0) is 0 Å². The molecule has 0 saturated carbocycles. The Morgan fingerprint density at radius 1 is 1.06 bits per heavy atom. The average molecular weight is 219 g/mol. The van der Waals surface area contributed by atoms with E-state index >= 15 is 0 Å². The van der Waals surface area contributed by atoms with Crippen LogP contribution in [0, 0.1) is 0 Å². The fourth-order valence-corrected chi connectivity index (χ4v) is 1.07. The van der Waals surface area contributed by atoms with E-state index in [2.05, 4.69) is 6.08 Å². The van der Waals surface area contributed by atoms with Gasteiger partial charge in [-0.2, -0.15) is 0 Å². The van der Waals surface area contributed by atoms with Crippen LogP contribution >= 0.6 is 0 Å². The van der Waals surface area contributed by atoms with Crippen molar-refractivity contribution in [2.24, 2.45) is 5.73 Å². The zero-order valence-corrected chi connectivity index (χ0v) is 10.1. The molecule has 3 N–H and O–H groups in total. The van der Waals surface area contributed by atoms with Crippen LogP contribution in [0.4, 0.5) is 0 Å². The lowest BCUT2D eigenvalue weighted by Gasteiger charge is -1.94. The number of hydrogen-bond donors (Lipinski definition) is 2. The fourth-order valence-electron chi connectivity index (χ4n) is 1.07. The van der Waals surface area contributed by atoms with Crippen LogP contribution in [0.15, 0.2) is 60.1 Å². The summed E-state index contributed by atoms with van der Waals surface area (Å²) in [6.07, 6.45) is 16.6. The normalized spacial score (nSPS) is 28.6. The molecule has 1 aliphatic rings. The lowest BCUT2D eigenvalue weighted by molar-refractivity contribution is 0.431. The number of allylic oxidation sites excluding steroid dienone is 8. The van der Waals surface area contributed by atoms with E-state index < -0.39 is 0 Å². The third-order valence-corrected chi connectivity index (χ3v) is 1.75. The molecule has 0 unspecified atom stereocenters. The Labute approximate surface area is 98.2 Å². The smallest absolute Gasteiger partial charge is 0.117 e. The van der Waals surface area contributed by atoms with E-state index in [0.717, 1.165) is 12.8 Å². The summed E-state index contributed by atoms with van der Waals surface area (Å²) in [7, 11) is 0. The molecule has 2 nitrogen and oxygen atoms in total. The van der Waals surface area contributed by atoms with E-state index in [0.29, 0.717) is 5.70 Å². The first-order valence-corrected chi connectivity index (χ1v) is 5.65. The van der Waals surface area contributed by atoms with Gasteiger partial charge in [0.2, 0.25) is 0 Å². The first-order valence-electron chi connectivity index (χ1n) is 5.65. The Balaban J connectivity index is 0.00000106. The van der Waals surface area contributed by atoms with Crippen molar-refractivity contribution in [2.45, 2.75) is 26.7 Å². The van der Waals surface area contributed by atoms with Gasteiger partial charge in [0.05, 0.1) is 0 Å². The molecular weight excluding hydrogens is 198 g/mol. The molecule has 0 fully saturated rings. The molecule has 1 rings (SSSR count). The van der Waals surface area contributed by atoms with E-state index in [1.807, 2.05) is 38.2 Å². The minimum Gasteiger partial charge on any atom is -0.508 e. The van der Waals surface area contributed by atoms with Gasteiger partial charge in [-0.3, -0.25) is 0 Å². The van der Waals surface area contributed by atoms with Gasteiger partial charge in [0, 0.05) is 11.8 Å². The van der Waals surface area contributed by atoms with Crippen LogP contribution in [0.3, 0.4) is 0 Å². The molecule has 0 bridgehead atoms. The zero-order valence-electron chi connectivity index (χ0n) is 10.1. The van der Waals surface area contributed by atoms with Crippen molar-refractivity contribution < 1.29 is 5.11 Å². The quantitative estimate of drug-likeness (QED) is 0.651. The second-order valence-electron chi connectivity index (χ2n) is 3.03. The minimum atomic E-state index is 0.191. The molecule has 0 heterocycles.